The minimum absolute atomic E-state index is 0.393. The molecule has 0 aromatic heterocycles. The van der Waals surface area contributed by atoms with E-state index in [2.05, 4.69) is 54.3 Å². The summed E-state index contributed by atoms with van der Waals surface area (Å²) in [5.74, 6) is 0. The Kier molecular flexibility index (Phi) is 3.75. The zero-order valence-corrected chi connectivity index (χ0v) is 9.84. The van der Waals surface area contributed by atoms with Gasteiger partial charge in [-0.15, -0.1) is 0 Å². The van der Waals surface area contributed by atoms with Gasteiger partial charge in [-0.3, -0.25) is 4.90 Å². The number of nitrogens with two attached hydrogens (primary N) is 1. The molecule has 1 aliphatic heterocycles. The van der Waals surface area contributed by atoms with E-state index < -0.39 is 0 Å². The van der Waals surface area contributed by atoms with Crippen LogP contribution < -0.4 is 5.73 Å². The van der Waals surface area contributed by atoms with Crippen LogP contribution in [0, 0.1) is 0 Å². The van der Waals surface area contributed by atoms with E-state index in [1.165, 1.54) is 5.56 Å². The molecule has 86 valence electrons. The Morgan fingerprint density at radius 3 is 2.81 bits per heavy atom. The van der Waals surface area contributed by atoms with Crippen LogP contribution in [0.2, 0.25) is 0 Å². The molecule has 2 atom stereocenters. The first-order valence-electron chi connectivity index (χ1n) is 6.00. The normalized spacial score (nSPS) is 23.2. The SMILES string of the molecule is CC(c1ccccc1)N1CCC=CC1CN. The van der Waals surface area contributed by atoms with Gasteiger partial charge in [0, 0.05) is 25.2 Å². The molecule has 1 aromatic carbocycles. The molecule has 0 saturated carbocycles. The van der Waals surface area contributed by atoms with Crippen LogP contribution in [0.5, 0.6) is 0 Å². The first-order valence-corrected chi connectivity index (χ1v) is 6.00. The minimum Gasteiger partial charge on any atom is -0.329 e. The summed E-state index contributed by atoms with van der Waals surface area (Å²) in [6, 6.07) is 11.5. The molecular formula is C14H20N2. The van der Waals surface area contributed by atoms with Gasteiger partial charge in [0.25, 0.3) is 0 Å². The molecule has 0 amide bonds. The van der Waals surface area contributed by atoms with Crippen LogP contribution in [0.25, 0.3) is 0 Å². The van der Waals surface area contributed by atoms with E-state index in [1.807, 2.05) is 0 Å². The summed E-state index contributed by atoms with van der Waals surface area (Å²) in [6.07, 6.45) is 5.61. The van der Waals surface area contributed by atoms with Crippen LogP contribution >= 0.6 is 0 Å². The van der Waals surface area contributed by atoms with Gasteiger partial charge in [-0.1, -0.05) is 42.5 Å². The largest absolute Gasteiger partial charge is 0.329 e. The van der Waals surface area contributed by atoms with E-state index in [9.17, 15) is 0 Å². The molecule has 16 heavy (non-hydrogen) atoms. The predicted octanol–water partition coefficient (Wildman–Crippen LogP) is 2.34. The highest BCUT2D eigenvalue weighted by Crippen LogP contribution is 2.24. The van der Waals surface area contributed by atoms with E-state index in [4.69, 9.17) is 5.73 Å². The fourth-order valence-electron chi connectivity index (χ4n) is 2.37. The number of hydrogen-bond acceptors (Lipinski definition) is 2. The molecule has 0 saturated heterocycles. The highest BCUT2D eigenvalue weighted by atomic mass is 15.2. The quantitative estimate of drug-likeness (QED) is 0.786. The molecule has 2 N–H and O–H groups in total. The maximum Gasteiger partial charge on any atom is 0.0407 e. The second kappa shape index (κ2) is 5.28. The minimum atomic E-state index is 0.393. The Morgan fingerprint density at radius 2 is 2.12 bits per heavy atom. The van der Waals surface area contributed by atoms with Crippen molar-refractivity contribution in [1.82, 2.24) is 4.90 Å². The summed E-state index contributed by atoms with van der Waals surface area (Å²) < 4.78 is 0. The molecule has 2 rings (SSSR count). The summed E-state index contributed by atoms with van der Waals surface area (Å²) in [5.41, 5.74) is 7.19. The monoisotopic (exact) mass is 216 g/mol. The first-order chi connectivity index (χ1) is 7.83. The van der Waals surface area contributed by atoms with E-state index in [-0.39, 0.29) is 0 Å². The molecule has 0 radical (unpaired) electrons. The lowest BCUT2D eigenvalue weighted by molar-refractivity contribution is 0.170. The zero-order valence-electron chi connectivity index (χ0n) is 9.84. The van der Waals surface area contributed by atoms with Crippen molar-refractivity contribution in [3.05, 3.63) is 48.0 Å². The number of rotatable bonds is 3. The summed E-state index contributed by atoms with van der Waals surface area (Å²) in [6.45, 7) is 4.07. The van der Waals surface area contributed by atoms with Gasteiger partial charge in [0.05, 0.1) is 0 Å². The van der Waals surface area contributed by atoms with Crippen molar-refractivity contribution in [2.75, 3.05) is 13.1 Å². The van der Waals surface area contributed by atoms with Gasteiger partial charge in [0.1, 0.15) is 0 Å². The molecule has 0 aliphatic carbocycles. The molecule has 1 aliphatic rings. The van der Waals surface area contributed by atoms with E-state index >= 15 is 0 Å². The zero-order chi connectivity index (χ0) is 11.4. The van der Waals surface area contributed by atoms with Crippen molar-refractivity contribution < 1.29 is 0 Å². The lowest BCUT2D eigenvalue weighted by Gasteiger charge is -2.36. The van der Waals surface area contributed by atoms with E-state index in [0.29, 0.717) is 18.6 Å². The second-order valence-electron chi connectivity index (χ2n) is 4.34. The second-order valence-corrected chi connectivity index (χ2v) is 4.34. The lowest BCUT2D eigenvalue weighted by Crippen LogP contribution is -2.43. The Hall–Kier alpha value is -1.12. The van der Waals surface area contributed by atoms with Crippen molar-refractivity contribution in [2.45, 2.75) is 25.4 Å². The molecule has 0 bridgehead atoms. The van der Waals surface area contributed by atoms with Crippen LogP contribution in [0.1, 0.15) is 24.9 Å². The Labute approximate surface area is 97.8 Å². The van der Waals surface area contributed by atoms with Crippen LogP contribution in [0.3, 0.4) is 0 Å². The van der Waals surface area contributed by atoms with Crippen LogP contribution in [-0.4, -0.2) is 24.0 Å². The highest BCUT2D eigenvalue weighted by Gasteiger charge is 2.23. The topological polar surface area (TPSA) is 29.3 Å². The van der Waals surface area contributed by atoms with Crippen molar-refractivity contribution >= 4 is 0 Å². The summed E-state index contributed by atoms with van der Waals surface area (Å²) in [7, 11) is 0. The van der Waals surface area contributed by atoms with Crippen molar-refractivity contribution in [2.24, 2.45) is 5.73 Å². The summed E-state index contributed by atoms with van der Waals surface area (Å²) >= 11 is 0. The predicted molar refractivity (Wildman–Crippen MR) is 68.2 cm³/mol. The molecule has 1 heterocycles. The Morgan fingerprint density at radius 1 is 1.38 bits per heavy atom. The van der Waals surface area contributed by atoms with Crippen LogP contribution in [-0.2, 0) is 0 Å². The third-order valence-corrected chi connectivity index (χ3v) is 3.36. The highest BCUT2D eigenvalue weighted by molar-refractivity contribution is 5.19. The molecule has 2 heteroatoms. The van der Waals surface area contributed by atoms with Gasteiger partial charge in [0.15, 0.2) is 0 Å². The fourth-order valence-corrected chi connectivity index (χ4v) is 2.37. The summed E-state index contributed by atoms with van der Waals surface area (Å²) in [5, 5.41) is 0. The standard InChI is InChI=1S/C14H20N2/c1-12(13-7-3-2-4-8-13)16-10-6-5-9-14(16)11-15/h2-5,7-9,12,14H,6,10-11,15H2,1H3. The Balaban J connectivity index is 2.15. The third kappa shape index (κ3) is 2.34. The molecule has 0 fully saturated rings. The van der Waals surface area contributed by atoms with Gasteiger partial charge in [-0.25, -0.2) is 0 Å². The number of hydrogen-bond donors (Lipinski definition) is 1. The third-order valence-electron chi connectivity index (χ3n) is 3.36. The molecule has 0 spiro atoms. The van der Waals surface area contributed by atoms with Crippen LogP contribution in [0.15, 0.2) is 42.5 Å². The fraction of sp³-hybridized carbons (Fsp3) is 0.429. The van der Waals surface area contributed by atoms with Crippen LogP contribution in [0.4, 0.5) is 0 Å². The maximum absolute atomic E-state index is 5.82. The van der Waals surface area contributed by atoms with E-state index in [1.54, 1.807) is 0 Å². The maximum atomic E-state index is 5.82. The average molecular weight is 216 g/mol. The lowest BCUT2D eigenvalue weighted by atomic mass is 10.0. The van der Waals surface area contributed by atoms with Crippen molar-refractivity contribution in [1.29, 1.82) is 0 Å². The molecule has 2 unspecified atom stereocenters. The number of nitrogens with zero attached hydrogens (tertiary/aromatic N) is 1. The smallest absolute Gasteiger partial charge is 0.0407 e. The first kappa shape index (κ1) is 11.4. The molecule has 1 aromatic rings. The molecular weight excluding hydrogens is 196 g/mol. The Bertz CT molecular complexity index is 345. The van der Waals surface area contributed by atoms with Gasteiger partial charge >= 0.3 is 0 Å². The van der Waals surface area contributed by atoms with Crippen molar-refractivity contribution in [3.63, 3.8) is 0 Å². The van der Waals surface area contributed by atoms with Gasteiger partial charge < -0.3 is 5.73 Å². The van der Waals surface area contributed by atoms with Gasteiger partial charge in [0.2, 0.25) is 0 Å². The van der Waals surface area contributed by atoms with E-state index in [0.717, 1.165) is 13.0 Å². The number of benzene rings is 1. The summed E-state index contributed by atoms with van der Waals surface area (Å²) in [4.78, 5) is 2.48. The van der Waals surface area contributed by atoms with Gasteiger partial charge in [-0.2, -0.15) is 0 Å². The van der Waals surface area contributed by atoms with Crippen molar-refractivity contribution in [3.8, 4) is 0 Å². The van der Waals surface area contributed by atoms with Gasteiger partial charge in [-0.05, 0) is 18.9 Å². The molecule has 2 nitrogen and oxygen atoms in total. The average Bonchev–Trinajstić information content (AvgIpc) is 2.39.